The van der Waals surface area contributed by atoms with Gasteiger partial charge in [0.25, 0.3) is 5.95 Å². The fourth-order valence-electron chi connectivity index (χ4n) is 1.90. The molecule has 4 heteroatoms. The van der Waals surface area contributed by atoms with Gasteiger partial charge in [-0.1, -0.05) is 18.2 Å². The first kappa shape index (κ1) is 12.7. The molecule has 0 bridgehead atoms. The van der Waals surface area contributed by atoms with Crippen LogP contribution in [0.3, 0.4) is 0 Å². The molecule has 0 radical (unpaired) electrons. The lowest BCUT2D eigenvalue weighted by Gasteiger charge is -2.07. The molecular formula is C16H12O3S. The van der Waals surface area contributed by atoms with Crippen LogP contribution < -0.4 is 10.2 Å². The molecule has 1 aromatic carbocycles. The second-order valence-electron chi connectivity index (χ2n) is 4.47. The van der Waals surface area contributed by atoms with Gasteiger partial charge in [0.15, 0.2) is 5.43 Å². The topological polar surface area (TPSA) is 39.4 Å². The molecule has 0 spiro atoms. The normalized spacial score (nSPS) is 10.7. The van der Waals surface area contributed by atoms with E-state index in [0.29, 0.717) is 16.7 Å². The summed E-state index contributed by atoms with van der Waals surface area (Å²) >= 11 is 1.55. The van der Waals surface area contributed by atoms with Crippen molar-refractivity contribution in [1.82, 2.24) is 0 Å². The molecule has 2 aromatic heterocycles. The number of benzene rings is 1. The van der Waals surface area contributed by atoms with Gasteiger partial charge < -0.3 is 9.15 Å². The highest BCUT2D eigenvalue weighted by Crippen LogP contribution is 2.23. The van der Waals surface area contributed by atoms with E-state index in [1.165, 1.54) is 6.07 Å². The van der Waals surface area contributed by atoms with Crippen LogP contribution in [0.2, 0.25) is 0 Å². The van der Waals surface area contributed by atoms with Crippen LogP contribution in [-0.2, 0) is 0 Å². The van der Waals surface area contributed by atoms with Gasteiger partial charge in [-0.3, -0.25) is 4.79 Å². The summed E-state index contributed by atoms with van der Waals surface area (Å²) in [5, 5.41) is 4.41. The van der Waals surface area contributed by atoms with Crippen molar-refractivity contribution in [2.75, 3.05) is 0 Å². The SMILES string of the molecule is C=C(Oc1cc(=O)c2cc(C)ccc2o1)c1ccsc1. The number of aryl methyl sites for hydroxylation is 1. The van der Waals surface area contributed by atoms with E-state index in [1.807, 2.05) is 29.8 Å². The molecule has 0 saturated heterocycles. The molecule has 0 aliphatic heterocycles. The Labute approximate surface area is 119 Å². The first-order valence-corrected chi connectivity index (χ1v) is 7.01. The van der Waals surface area contributed by atoms with Crippen molar-refractivity contribution in [3.8, 4) is 5.95 Å². The molecule has 3 aromatic rings. The number of thiophene rings is 1. The average Bonchev–Trinajstić information content (AvgIpc) is 2.94. The van der Waals surface area contributed by atoms with Crippen LogP contribution >= 0.6 is 11.3 Å². The highest BCUT2D eigenvalue weighted by Gasteiger charge is 2.08. The molecule has 0 fully saturated rings. The maximum Gasteiger partial charge on any atom is 0.294 e. The first-order chi connectivity index (χ1) is 9.63. The predicted octanol–water partition coefficient (Wildman–Crippen LogP) is 4.21. The van der Waals surface area contributed by atoms with Crippen molar-refractivity contribution < 1.29 is 9.15 Å². The van der Waals surface area contributed by atoms with Gasteiger partial charge in [0, 0.05) is 10.9 Å². The van der Waals surface area contributed by atoms with Crippen LogP contribution in [0.15, 0.2) is 56.9 Å². The molecule has 3 rings (SSSR count). The van der Waals surface area contributed by atoms with E-state index in [0.717, 1.165) is 11.1 Å². The highest BCUT2D eigenvalue weighted by atomic mass is 32.1. The molecule has 0 unspecified atom stereocenters. The summed E-state index contributed by atoms with van der Waals surface area (Å²) in [7, 11) is 0. The zero-order valence-electron chi connectivity index (χ0n) is 10.9. The molecule has 20 heavy (non-hydrogen) atoms. The summed E-state index contributed by atoms with van der Waals surface area (Å²) < 4.78 is 11.1. The van der Waals surface area contributed by atoms with Gasteiger partial charge in [-0.05, 0) is 30.5 Å². The number of fused-ring (bicyclic) bond motifs is 1. The Morgan fingerprint density at radius 1 is 1.30 bits per heavy atom. The molecule has 2 heterocycles. The maximum absolute atomic E-state index is 12.1. The van der Waals surface area contributed by atoms with Crippen LogP contribution in [-0.4, -0.2) is 0 Å². The van der Waals surface area contributed by atoms with Gasteiger partial charge in [0.05, 0.1) is 11.5 Å². The smallest absolute Gasteiger partial charge is 0.294 e. The minimum absolute atomic E-state index is 0.122. The molecular weight excluding hydrogens is 272 g/mol. The van der Waals surface area contributed by atoms with Crippen LogP contribution in [0.5, 0.6) is 5.95 Å². The minimum Gasteiger partial charge on any atom is -0.426 e. The van der Waals surface area contributed by atoms with E-state index in [4.69, 9.17) is 9.15 Å². The number of hydrogen-bond acceptors (Lipinski definition) is 4. The van der Waals surface area contributed by atoms with Crippen molar-refractivity contribution in [2.45, 2.75) is 6.92 Å². The largest absolute Gasteiger partial charge is 0.426 e. The van der Waals surface area contributed by atoms with E-state index in [1.54, 1.807) is 23.5 Å². The van der Waals surface area contributed by atoms with E-state index in [-0.39, 0.29) is 11.4 Å². The van der Waals surface area contributed by atoms with Gasteiger partial charge in [-0.2, -0.15) is 11.3 Å². The van der Waals surface area contributed by atoms with Crippen LogP contribution in [0.1, 0.15) is 11.1 Å². The van der Waals surface area contributed by atoms with Crippen LogP contribution in [0.25, 0.3) is 16.7 Å². The van der Waals surface area contributed by atoms with Gasteiger partial charge in [0.1, 0.15) is 11.3 Å². The molecule has 0 N–H and O–H groups in total. The van der Waals surface area contributed by atoms with Crippen LogP contribution in [0.4, 0.5) is 0 Å². The Bertz CT molecular complexity index is 829. The number of hydrogen-bond donors (Lipinski definition) is 0. The Balaban J connectivity index is 1.99. The molecule has 0 aliphatic carbocycles. The lowest BCUT2D eigenvalue weighted by atomic mass is 10.1. The number of ether oxygens (including phenoxy) is 1. The van der Waals surface area contributed by atoms with Gasteiger partial charge in [-0.15, -0.1) is 0 Å². The minimum atomic E-state index is -0.122. The first-order valence-electron chi connectivity index (χ1n) is 6.07. The van der Waals surface area contributed by atoms with Gasteiger partial charge in [-0.25, -0.2) is 0 Å². The second kappa shape index (κ2) is 4.98. The van der Waals surface area contributed by atoms with E-state index >= 15 is 0 Å². The monoisotopic (exact) mass is 284 g/mol. The van der Waals surface area contributed by atoms with Crippen molar-refractivity contribution in [3.63, 3.8) is 0 Å². The molecule has 100 valence electrons. The maximum atomic E-state index is 12.1. The summed E-state index contributed by atoms with van der Waals surface area (Å²) in [5.41, 5.74) is 2.28. The van der Waals surface area contributed by atoms with Crippen LogP contribution in [0, 0.1) is 6.92 Å². The third kappa shape index (κ3) is 2.38. The highest BCUT2D eigenvalue weighted by molar-refractivity contribution is 7.08. The fourth-order valence-corrected chi connectivity index (χ4v) is 2.56. The molecule has 3 nitrogen and oxygen atoms in total. The summed E-state index contributed by atoms with van der Waals surface area (Å²) in [6, 6.07) is 8.71. The Morgan fingerprint density at radius 3 is 2.90 bits per heavy atom. The van der Waals surface area contributed by atoms with E-state index in [2.05, 4.69) is 6.58 Å². The Kier molecular flexibility index (Phi) is 3.16. The third-order valence-electron chi connectivity index (χ3n) is 2.93. The van der Waals surface area contributed by atoms with Crippen molar-refractivity contribution in [1.29, 1.82) is 0 Å². The summed E-state index contributed by atoms with van der Waals surface area (Å²) in [4.78, 5) is 12.1. The van der Waals surface area contributed by atoms with Crippen molar-refractivity contribution >= 4 is 28.1 Å². The molecule has 0 amide bonds. The summed E-state index contributed by atoms with van der Waals surface area (Å²) in [5.74, 6) is 0.614. The van der Waals surface area contributed by atoms with E-state index < -0.39 is 0 Å². The summed E-state index contributed by atoms with van der Waals surface area (Å²) in [6.45, 7) is 5.77. The third-order valence-corrected chi connectivity index (χ3v) is 3.61. The lowest BCUT2D eigenvalue weighted by Crippen LogP contribution is -2.02. The Hall–Kier alpha value is -2.33. The van der Waals surface area contributed by atoms with E-state index in [9.17, 15) is 4.79 Å². The molecule has 0 atom stereocenters. The van der Waals surface area contributed by atoms with Crippen molar-refractivity contribution in [2.24, 2.45) is 0 Å². The van der Waals surface area contributed by atoms with Gasteiger partial charge in [0.2, 0.25) is 0 Å². The predicted molar refractivity (Wildman–Crippen MR) is 81.2 cm³/mol. The Morgan fingerprint density at radius 2 is 2.15 bits per heavy atom. The quantitative estimate of drug-likeness (QED) is 0.676. The number of rotatable bonds is 3. The van der Waals surface area contributed by atoms with Crippen molar-refractivity contribution in [3.05, 3.63) is 69.0 Å². The molecule has 0 aliphatic rings. The lowest BCUT2D eigenvalue weighted by molar-refractivity contribution is 0.373. The summed E-state index contributed by atoms with van der Waals surface area (Å²) in [6.07, 6.45) is 0. The second-order valence-corrected chi connectivity index (χ2v) is 5.25. The zero-order valence-corrected chi connectivity index (χ0v) is 11.7. The molecule has 0 saturated carbocycles. The van der Waals surface area contributed by atoms with Gasteiger partial charge >= 0.3 is 0 Å². The fraction of sp³-hybridized carbons (Fsp3) is 0.0625. The standard InChI is InChI=1S/C16H12O3S/c1-10-3-4-15-13(7-10)14(17)8-16(19-15)18-11(2)12-5-6-20-9-12/h3-9H,2H2,1H3. The zero-order chi connectivity index (χ0) is 14.1. The average molecular weight is 284 g/mol.